The maximum absolute atomic E-state index is 3.88. The fourth-order valence-corrected chi connectivity index (χ4v) is 1.28. The van der Waals surface area contributed by atoms with Gasteiger partial charge in [-0.25, -0.2) is 0 Å². The third-order valence-electron chi connectivity index (χ3n) is 1.49. The van der Waals surface area contributed by atoms with Crippen LogP contribution in [0, 0.1) is 0 Å². The topological polar surface area (TPSA) is 12.0 Å². The van der Waals surface area contributed by atoms with Gasteiger partial charge < -0.3 is 5.32 Å². The summed E-state index contributed by atoms with van der Waals surface area (Å²) >= 11 is 0. The Balaban J connectivity index is 4.11. The van der Waals surface area contributed by atoms with E-state index in [2.05, 4.69) is 38.9 Å². The zero-order valence-electron chi connectivity index (χ0n) is 8.41. The molecular formula is C11H19N. The molecule has 1 N–H and O–H groups in total. The van der Waals surface area contributed by atoms with Gasteiger partial charge in [0.05, 0.1) is 0 Å². The number of nitrogens with one attached hydrogen (secondary N) is 1. The van der Waals surface area contributed by atoms with Gasteiger partial charge in [-0.1, -0.05) is 18.7 Å². The van der Waals surface area contributed by atoms with Gasteiger partial charge in [0.25, 0.3) is 0 Å². The summed E-state index contributed by atoms with van der Waals surface area (Å²) in [5.74, 6) is 0. The molecule has 0 rings (SSSR count). The van der Waals surface area contributed by atoms with E-state index >= 15 is 0 Å². The lowest BCUT2D eigenvalue weighted by molar-refractivity contribution is 0.430. The van der Waals surface area contributed by atoms with Crippen LogP contribution in [0.2, 0.25) is 0 Å². The van der Waals surface area contributed by atoms with Crippen LogP contribution < -0.4 is 5.32 Å². The smallest absolute Gasteiger partial charge is 0.0354 e. The van der Waals surface area contributed by atoms with Crippen molar-refractivity contribution in [3.63, 3.8) is 0 Å². The summed E-state index contributed by atoms with van der Waals surface area (Å²) in [7, 11) is 0. The number of rotatable bonds is 5. The Kier molecular flexibility index (Phi) is 3.81. The van der Waals surface area contributed by atoms with Gasteiger partial charge in [0.1, 0.15) is 0 Å². The summed E-state index contributed by atoms with van der Waals surface area (Å²) in [6.07, 6.45) is 2.67. The van der Waals surface area contributed by atoms with Crippen LogP contribution in [0.5, 0.6) is 0 Å². The summed E-state index contributed by atoms with van der Waals surface area (Å²) in [4.78, 5) is 0. The van der Waals surface area contributed by atoms with Crippen LogP contribution in [0.15, 0.2) is 37.1 Å². The maximum Gasteiger partial charge on any atom is 0.0354 e. The largest absolute Gasteiger partial charge is 0.380 e. The summed E-state index contributed by atoms with van der Waals surface area (Å²) in [6, 6.07) is 0. The lowest BCUT2D eigenvalue weighted by Gasteiger charge is -2.27. The van der Waals surface area contributed by atoms with Crippen molar-refractivity contribution < 1.29 is 0 Å². The van der Waals surface area contributed by atoms with Gasteiger partial charge in [0.15, 0.2) is 0 Å². The molecular weight excluding hydrogens is 146 g/mol. The van der Waals surface area contributed by atoms with E-state index in [-0.39, 0.29) is 5.54 Å². The minimum atomic E-state index is 0.0249. The molecule has 1 nitrogen and oxygen atoms in total. The van der Waals surface area contributed by atoms with Crippen LogP contribution in [0.1, 0.15) is 27.2 Å². The second kappa shape index (κ2) is 4.15. The normalized spacial score (nSPS) is 10.6. The predicted octanol–water partition coefficient (Wildman–Crippen LogP) is 3.02. The molecule has 0 saturated carbocycles. The molecule has 0 amide bonds. The first-order valence-electron chi connectivity index (χ1n) is 4.11. The van der Waals surface area contributed by atoms with Crippen molar-refractivity contribution in [2.45, 2.75) is 32.7 Å². The highest BCUT2D eigenvalue weighted by Gasteiger charge is 2.16. The zero-order valence-corrected chi connectivity index (χ0v) is 8.41. The first-order chi connectivity index (χ1) is 5.37. The van der Waals surface area contributed by atoms with Crippen LogP contribution >= 0.6 is 0 Å². The van der Waals surface area contributed by atoms with Gasteiger partial charge in [-0.3, -0.25) is 0 Å². The highest BCUT2D eigenvalue weighted by Crippen LogP contribution is 2.15. The molecule has 0 bridgehead atoms. The van der Waals surface area contributed by atoms with Gasteiger partial charge in [-0.05, 0) is 33.3 Å². The third-order valence-corrected chi connectivity index (χ3v) is 1.49. The third kappa shape index (κ3) is 4.78. The summed E-state index contributed by atoms with van der Waals surface area (Å²) in [5.41, 5.74) is 2.06. The van der Waals surface area contributed by atoms with Gasteiger partial charge in [0, 0.05) is 11.2 Å². The molecule has 0 aliphatic heterocycles. The zero-order chi connectivity index (χ0) is 9.78. The first kappa shape index (κ1) is 11.0. The van der Waals surface area contributed by atoms with Crippen LogP contribution in [0.4, 0.5) is 0 Å². The van der Waals surface area contributed by atoms with Crippen LogP contribution in [0.25, 0.3) is 0 Å². The molecule has 0 radical (unpaired) electrons. The molecule has 68 valence electrons. The van der Waals surface area contributed by atoms with Crippen molar-refractivity contribution in [2.24, 2.45) is 0 Å². The molecule has 0 aliphatic carbocycles. The molecule has 0 atom stereocenters. The highest BCUT2D eigenvalue weighted by atomic mass is 15.0. The number of allylic oxidation sites excluding steroid dienone is 1. The Labute approximate surface area is 75.9 Å². The van der Waals surface area contributed by atoms with Gasteiger partial charge in [-0.2, -0.15) is 0 Å². The summed E-state index contributed by atoms with van der Waals surface area (Å²) in [6.45, 7) is 17.6. The Morgan fingerprint density at radius 1 is 1.42 bits per heavy atom. The summed E-state index contributed by atoms with van der Waals surface area (Å²) < 4.78 is 0. The molecule has 0 heterocycles. The Hall–Kier alpha value is -0.980. The molecule has 0 unspecified atom stereocenters. The van der Waals surface area contributed by atoms with Crippen LogP contribution in [0.3, 0.4) is 0 Å². The average molecular weight is 165 g/mol. The van der Waals surface area contributed by atoms with Gasteiger partial charge in [0.2, 0.25) is 0 Å². The molecule has 0 saturated heterocycles. The van der Waals surface area contributed by atoms with Crippen LogP contribution in [-0.2, 0) is 0 Å². The Bertz CT molecular complexity index is 199. The second-order valence-electron chi connectivity index (χ2n) is 3.87. The van der Waals surface area contributed by atoms with E-state index in [1.54, 1.807) is 6.08 Å². The van der Waals surface area contributed by atoms with Crippen molar-refractivity contribution in [2.75, 3.05) is 0 Å². The SMILES string of the molecule is C=CC(=C)NC(C)(C)CC(=C)C. The van der Waals surface area contributed by atoms with E-state index < -0.39 is 0 Å². The Morgan fingerprint density at radius 3 is 2.25 bits per heavy atom. The monoisotopic (exact) mass is 165 g/mol. The average Bonchev–Trinajstić information content (AvgIpc) is 1.83. The maximum atomic E-state index is 3.88. The fourth-order valence-electron chi connectivity index (χ4n) is 1.28. The molecule has 0 aromatic carbocycles. The number of hydrogen-bond donors (Lipinski definition) is 1. The first-order valence-corrected chi connectivity index (χ1v) is 4.11. The van der Waals surface area contributed by atoms with Crippen molar-refractivity contribution in [3.8, 4) is 0 Å². The van der Waals surface area contributed by atoms with Crippen LogP contribution in [-0.4, -0.2) is 5.54 Å². The predicted molar refractivity (Wildman–Crippen MR) is 56.0 cm³/mol. The molecule has 12 heavy (non-hydrogen) atoms. The van der Waals surface area contributed by atoms with Crippen molar-refractivity contribution >= 4 is 0 Å². The molecule has 1 heteroatoms. The fraction of sp³-hybridized carbons (Fsp3) is 0.455. The molecule has 0 aromatic heterocycles. The van der Waals surface area contributed by atoms with E-state index in [1.807, 2.05) is 6.92 Å². The lowest BCUT2D eigenvalue weighted by atomic mass is 9.96. The quantitative estimate of drug-likeness (QED) is 0.488. The highest BCUT2D eigenvalue weighted by molar-refractivity contribution is 5.13. The van der Waals surface area contributed by atoms with Crippen molar-refractivity contribution in [1.29, 1.82) is 0 Å². The number of hydrogen-bond acceptors (Lipinski definition) is 1. The molecule has 0 aromatic rings. The lowest BCUT2D eigenvalue weighted by Crippen LogP contribution is -2.37. The minimum absolute atomic E-state index is 0.0249. The standard InChI is InChI=1S/C11H19N/c1-7-10(4)12-11(5,6)8-9(2)3/h7,12H,1-2,4,8H2,3,5-6H3. The van der Waals surface area contributed by atoms with E-state index in [1.165, 1.54) is 5.57 Å². The van der Waals surface area contributed by atoms with Crippen molar-refractivity contribution in [3.05, 3.63) is 37.1 Å². The summed E-state index contributed by atoms with van der Waals surface area (Å²) in [5, 5.41) is 3.26. The van der Waals surface area contributed by atoms with Crippen molar-refractivity contribution in [1.82, 2.24) is 5.32 Å². The van der Waals surface area contributed by atoms with E-state index in [9.17, 15) is 0 Å². The molecule has 0 spiro atoms. The Morgan fingerprint density at radius 2 is 1.92 bits per heavy atom. The van der Waals surface area contributed by atoms with Gasteiger partial charge in [-0.15, -0.1) is 6.58 Å². The van der Waals surface area contributed by atoms with Gasteiger partial charge >= 0.3 is 0 Å². The van der Waals surface area contributed by atoms with E-state index in [0.29, 0.717) is 0 Å². The minimum Gasteiger partial charge on any atom is -0.380 e. The second-order valence-corrected chi connectivity index (χ2v) is 3.87. The van der Waals surface area contributed by atoms with E-state index in [0.717, 1.165) is 12.1 Å². The van der Waals surface area contributed by atoms with E-state index in [4.69, 9.17) is 0 Å². The molecule has 0 fully saturated rings. The molecule has 0 aliphatic rings.